The Labute approximate surface area is 200 Å². The molecule has 4 aromatic rings. The number of benzene rings is 4. The Bertz CT molecular complexity index is 1270. The summed E-state index contributed by atoms with van der Waals surface area (Å²) >= 11 is 0. The molecule has 0 aromatic heterocycles. The van der Waals surface area contributed by atoms with E-state index in [1.54, 1.807) is 0 Å². The fourth-order valence-electron chi connectivity index (χ4n) is 4.50. The maximum Gasteiger partial charge on any atom is 0.258 e. The number of fused-ring (bicyclic) bond motifs is 1. The highest BCUT2D eigenvalue weighted by Crippen LogP contribution is 2.39. The van der Waals surface area contributed by atoms with Crippen molar-refractivity contribution in [2.45, 2.75) is 25.6 Å². The number of ether oxygens (including phenoxy) is 1. The number of nitrogens with zero attached hydrogens (tertiary/aromatic N) is 1. The minimum Gasteiger partial charge on any atom is -0.493 e. The molecule has 0 aliphatic carbocycles. The van der Waals surface area contributed by atoms with Crippen LogP contribution < -0.4 is 10.1 Å². The van der Waals surface area contributed by atoms with Gasteiger partial charge in [0.15, 0.2) is 0 Å². The van der Waals surface area contributed by atoms with Crippen molar-refractivity contribution in [3.63, 3.8) is 0 Å². The number of para-hydroxylation sites is 1. The van der Waals surface area contributed by atoms with Gasteiger partial charge in [0.2, 0.25) is 0 Å². The van der Waals surface area contributed by atoms with Gasteiger partial charge in [0.25, 0.3) is 5.91 Å². The number of hydrogen-bond acceptors (Lipinski definition) is 3. The summed E-state index contributed by atoms with van der Waals surface area (Å²) in [5.41, 5.74) is 4.10. The normalized spacial score (nSPS) is 17.1. The van der Waals surface area contributed by atoms with Gasteiger partial charge in [-0.1, -0.05) is 84.9 Å². The molecule has 34 heavy (non-hydrogen) atoms. The van der Waals surface area contributed by atoms with Crippen LogP contribution in [-0.2, 0) is 18.6 Å². The van der Waals surface area contributed by atoms with Crippen molar-refractivity contribution in [1.82, 2.24) is 4.90 Å². The van der Waals surface area contributed by atoms with Gasteiger partial charge in [0, 0.05) is 24.2 Å². The topological polar surface area (TPSA) is 41.6 Å². The SMILES string of the molecule is CC1(c2cccc(OCCc3ccccc3)c2)Nc2ccccc2C(=O)N1Cc1ccccc1. The molecule has 0 spiro atoms. The van der Waals surface area contributed by atoms with Gasteiger partial charge in [-0.3, -0.25) is 4.79 Å². The molecule has 1 N–H and O–H groups in total. The number of anilines is 1. The van der Waals surface area contributed by atoms with E-state index in [-0.39, 0.29) is 5.91 Å². The van der Waals surface area contributed by atoms with Gasteiger partial charge in [0.05, 0.1) is 12.2 Å². The van der Waals surface area contributed by atoms with Gasteiger partial charge in [-0.25, -0.2) is 0 Å². The Morgan fingerprint density at radius 3 is 2.24 bits per heavy atom. The monoisotopic (exact) mass is 448 g/mol. The second-order valence-corrected chi connectivity index (χ2v) is 8.73. The van der Waals surface area contributed by atoms with Gasteiger partial charge in [-0.05, 0) is 42.3 Å². The molecule has 0 radical (unpaired) electrons. The molecule has 4 heteroatoms. The molecule has 1 amide bonds. The predicted octanol–water partition coefficient (Wildman–Crippen LogP) is 6.25. The Hall–Kier alpha value is -4.05. The summed E-state index contributed by atoms with van der Waals surface area (Å²) in [4.78, 5) is 15.6. The van der Waals surface area contributed by atoms with Gasteiger partial charge in [-0.2, -0.15) is 0 Å². The van der Waals surface area contributed by atoms with Crippen molar-refractivity contribution in [2.24, 2.45) is 0 Å². The Morgan fingerprint density at radius 2 is 1.47 bits per heavy atom. The molecule has 170 valence electrons. The summed E-state index contributed by atoms with van der Waals surface area (Å²) in [6.07, 6.45) is 0.840. The van der Waals surface area contributed by atoms with Crippen LogP contribution in [0.5, 0.6) is 5.75 Å². The van der Waals surface area contributed by atoms with Crippen LogP contribution in [0.3, 0.4) is 0 Å². The Kier molecular flexibility index (Phi) is 6.05. The van der Waals surface area contributed by atoms with E-state index in [0.29, 0.717) is 18.7 Å². The molecular weight excluding hydrogens is 420 g/mol. The zero-order valence-electron chi connectivity index (χ0n) is 19.3. The molecule has 4 nitrogen and oxygen atoms in total. The molecular formula is C30H28N2O2. The second kappa shape index (κ2) is 9.44. The van der Waals surface area contributed by atoms with Crippen LogP contribution in [0.4, 0.5) is 5.69 Å². The molecule has 1 heterocycles. The second-order valence-electron chi connectivity index (χ2n) is 8.73. The highest BCUT2D eigenvalue weighted by molar-refractivity contribution is 6.02. The van der Waals surface area contributed by atoms with E-state index in [1.165, 1.54) is 5.56 Å². The Balaban J connectivity index is 1.44. The average molecular weight is 449 g/mol. The number of carbonyl (C=O) groups excluding carboxylic acids is 1. The number of hydrogen-bond donors (Lipinski definition) is 1. The third kappa shape index (κ3) is 4.40. The van der Waals surface area contributed by atoms with E-state index in [4.69, 9.17) is 4.74 Å². The van der Waals surface area contributed by atoms with Crippen LogP contribution in [0.25, 0.3) is 0 Å². The van der Waals surface area contributed by atoms with E-state index in [9.17, 15) is 4.79 Å². The van der Waals surface area contributed by atoms with Crippen molar-refractivity contribution < 1.29 is 9.53 Å². The summed E-state index contributed by atoms with van der Waals surface area (Å²) in [7, 11) is 0. The van der Waals surface area contributed by atoms with Crippen molar-refractivity contribution in [2.75, 3.05) is 11.9 Å². The first-order valence-electron chi connectivity index (χ1n) is 11.6. The lowest BCUT2D eigenvalue weighted by Gasteiger charge is -2.47. The third-order valence-electron chi connectivity index (χ3n) is 6.40. The first-order valence-corrected chi connectivity index (χ1v) is 11.6. The third-order valence-corrected chi connectivity index (χ3v) is 6.40. The number of amides is 1. The number of nitrogens with one attached hydrogen (secondary N) is 1. The van der Waals surface area contributed by atoms with E-state index in [0.717, 1.165) is 29.0 Å². The van der Waals surface area contributed by atoms with Gasteiger partial charge in [-0.15, -0.1) is 0 Å². The van der Waals surface area contributed by atoms with Crippen molar-refractivity contribution in [3.05, 3.63) is 131 Å². The standard InChI is InChI=1S/C30H28N2O2/c1-30(25-15-10-16-26(21-25)34-20-19-23-11-4-2-5-12-23)31-28-18-9-8-17-27(28)29(33)32(30)22-24-13-6-3-7-14-24/h2-18,21,31H,19-20,22H2,1H3. The van der Waals surface area contributed by atoms with E-state index >= 15 is 0 Å². The van der Waals surface area contributed by atoms with Crippen LogP contribution in [0.1, 0.15) is 34.0 Å². The Morgan fingerprint density at radius 1 is 0.794 bits per heavy atom. The maximum atomic E-state index is 13.7. The van der Waals surface area contributed by atoms with Crippen molar-refractivity contribution in [1.29, 1.82) is 0 Å². The van der Waals surface area contributed by atoms with E-state index in [2.05, 4.69) is 42.6 Å². The number of carbonyl (C=O) groups is 1. The lowest BCUT2D eigenvalue weighted by Crippen LogP contribution is -2.55. The molecule has 5 rings (SSSR count). The summed E-state index contributed by atoms with van der Waals surface area (Å²) in [5, 5.41) is 3.65. The number of rotatable bonds is 7. The summed E-state index contributed by atoms with van der Waals surface area (Å²) < 4.78 is 6.11. The van der Waals surface area contributed by atoms with Crippen LogP contribution in [0.15, 0.2) is 109 Å². The molecule has 0 saturated heterocycles. The summed E-state index contributed by atoms with van der Waals surface area (Å²) in [6, 6.07) is 36.2. The lowest BCUT2D eigenvalue weighted by molar-refractivity contribution is 0.0508. The first-order chi connectivity index (χ1) is 16.6. The maximum absolute atomic E-state index is 13.7. The fraction of sp³-hybridized carbons (Fsp3) is 0.167. The lowest BCUT2D eigenvalue weighted by atomic mass is 9.92. The summed E-state index contributed by atoms with van der Waals surface area (Å²) in [6.45, 7) is 3.15. The van der Waals surface area contributed by atoms with Gasteiger partial charge in [0.1, 0.15) is 11.4 Å². The van der Waals surface area contributed by atoms with Crippen molar-refractivity contribution in [3.8, 4) is 5.75 Å². The molecule has 0 fully saturated rings. The average Bonchev–Trinajstić information content (AvgIpc) is 2.88. The first kappa shape index (κ1) is 21.8. The fourth-order valence-corrected chi connectivity index (χ4v) is 4.50. The minimum absolute atomic E-state index is 0.0103. The zero-order valence-corrected chi connectivity index (χ0v) is 19.3. The molecule has 4 aromatic carbocycles. The van der Waals surface area contributed by atoms with Crippen LogP contribution in [0.2, 0.25) is 0 Å². The minimum atomic E-state index is -0.736. The van der Waals surface area contributed by atoms with Crippen LogP contribution in [-0.4, -0.2) is 17.4 Å². The molecule has 1 unspecified atom stereocenters. The largest absolute Gasteiger partial charge is 0.493 e. The quantitative estimate of drug-likeness (QED) is 0.363. The highest BCUT2D eigenvalue weighted by atomic mass is 16.5. The van der Waals surface area contributed by atoms with Crippen LogP contribution >= 0.6 is 0 Å². The molecule has 1 aliphatic rings. The highest BCUT2D eigenvalue weighted by Gasteiger charge is 2.42. The van der Waals surface area contributed by atoms with E-state index in [1.807, 2.05) is 83.8 Å². The zero-order chi connectivity index (χ0) is 23.4. The van der Waals surface area contributed by atoms with E-state index < -0.39 is 5.66 Å². The van der Waals surface area contributed by atoms with Gasteiger partial charge < -0.3 is 15.0 Å². The molecule has 0 saturated carbocycles. The van der Waals surface area contributed by atoms with Crippen molar-refractivity contribution >= 4 is 11.6 Å². The molecule has 1 aliphatic heterocycles. The smallest absolute Gasteiger partial charge is 0.258 e. The van der Waals surface area contributed by atoms with Crippen LogP contribution in [0, 0.1) is 0 Å². The molecule has 1 atom stereocenters. The summed E-state index contributed by atoms with van der Waals surface area (Å²) in [5.74, 6) is 0.804. The predicted molar refractivity (Wildman–Crippen MR) is 136 cm³/mol. The van der Waals surface area contributed by atoms with Gasteiger partial charge >= 0.3 is 0 Å². The molecule has 0 bridgehead atoms.